The summed E-state index contributed by atoms with van der Waals surface area (Å²) in [5.41, 5.74) is 8.04. The van der Waals surface area contributed by atoms with E-state index in [-0.39, 0.29) is 24.0 Å². The van der Waals surface area contributed by atoms with Crippen LogP contribution in [0.5, 0.6) is 0 Å². The van der Waals surface area contributed by atoms with Crippen LogP contribution in [0.1, 0.15) is 53.4 Å². The van der Waals surface area contributed by atoms with Crippen molar-refractivity contribution in [3.63, 3.8) is 0 Å². The summed E-state index contributed by atoms with van der Waals surface area (Å²) in [6.45, 7) is 6.12. The maximum absolute atomic E-state index is 12.5. The topological polar surface area (TPSA) is 58.6 Å². The molecular formula is C27H26N2O3. The van der Waals surface area contributed by atoms with Crippen LogP contribution in [0.4, 0.5) is 11.4 Å². The zero-order valence-corrected chi connectivity index (χ0v) is 18.5. The maximum Gasteiger partial charge on any atom is 0.338 e. The van der Waals surface area contributed by atoms with Gasteiger partial charge in [0.05, 0.1) is 11.6 Å². The fourth-order valence-corrected chi connectivity index (χ4v) is 4.91. The smallest absolute Gasteiger partial charge is 0.338 e. The molecule has 3 aromatic rings. The van der Waals surface area contributed by atoms with Crippen molar-refractivity contribution < 1.29 is 14.3 Å². The van der Waals surface area contributed by atoms with Crippen molar-refractivity contribution in [2.75, 3.05) is 10.2 Å². The van der Waals surface area contributed by atoms with Gasteiger partial charge in [-0.15, -0.1) is 0 Å². The van der Waals surface area contributed by atoms with E-state index in [1.54, 1.807) is 6.92 Å². The number of carbonyl (C=O) groups is 2. The van der Waals surface area contributed by atoms with E-state index in [9.17, 15) is 9.59 Å². The molecule has 5 rings (SSSR count). The highest BCUT2D eigenvalue weighted by Gasteiger charge is 2.33. The second-order valence-electron chi connectivity index (χ2n) is 8.76. The number of nitrogens with zero attached hydrogens (tertiary/aromatic N) is 1. The molecule has 5 heteroatoms. The Bertz CT molecular complexity index is 1230. The third-order valence-corrected chi connectivity index (χ3v) is 6.40. The van der Waals surface area contributed by atoms with Crippen LogP contribution < -0.4 is 10.2 Å². The van der Waals surface area contributed by atoms with Gasteiger partial charge in [-0.1, -0.05) is 35.9 Å². The molecule has 0 bridgehead atoms. The van der Waals surface area contributed by atoms with Crippen molar-refractivity contribution in [3.8, 4) is 11.1 Å². The van der Waals surface area contributed by atoms with Crippen molar-refractivity contribution in [2.24, 2.45) is 0 Å². The Morgan fingerprint density at radius 3 is 2.66 bits per heavy atom. The Labute approximate surface area is 188 Å². The third-order valence-electron chi connectivity index (χ3n) is 6.40. The van der Waals surface area contributed by atoms with Crippen molar-refractivity contribution in [2.45, 2.75) is 45.9 Å². The third kappa shape index (κ3) is 3.54. The molecule has 0 radical (unpaired) electrons. The second kappa shape index (κ2) is 7.83. The molecule has 2 aliphatic rings. The van der Waals surface area contributed by atoms with E-state index >= 15 is 0 Å². The summed E-state index contributed by atoms with van der Waals surface area (Å²) in [6, 6.07) is 20.7. The Kier molecular flexibility index (Phi) is 4.97. The van der Waals surface area contributed by atoms with Gasteiger partial charge in [-0.25, -0.2) is 4.79 Å². The lowest BCUT2D eigenvalue weighted by Crippen LogP contribution is -2.43. The molecule has 0 unspecified atom stereocenters. The Morgan fingerprint density at radius 1 is 1.06 bits per heavy atom. The Morgan fingerprint density at radius 2 is 1.88 bits per heavy atom. The average Bonchev–Trinajstić information content (AvgIpc) is 3.13. The summed E-state index contributed by atoms with van der Waals surface area (Å²) >= 11 is 0. The minimum absolute atomic E-state index is 0.0384. The number of carbonyl (C=O) groups excluding carboxylic acids is 2. The summed E-state index contributed by atoms with van der Waals surface area (Å²) in [5.74, 6) is -0.211. The standard InChI is InChI=1S/C27H26N2O3/c1-16-5-4-6-19(11-16)20-7-10-26-24(14-20)25(12-17(2)29(26)18(3)30)28-22-8-9-23-21(13-22)15-32-27(23)31/h4-11,13-14,17,25,28H,12,15H2,1-3H3/t17-,25+/m0/s1. The minimum atomic E-state index is -0.261. The monoisotopic (exact) mass is 426 g/mol. The number of benzene rings is 3. The molecule has 5 nitrogen and oxygen atoms in total. The number of amides is 1. The largest absolute Gasteiger partial charge is 0.457 e. The van der Waals surface area contributed by atoms with E-state index in [0.717, 1.165) is 40.0 Å². The summed E-state index contributed by atoms with van der Waals surface area (Å²) in [6.07, 6.45) is 0.788. The zero-order chi connectivity index (χ0) is 22.4. The molecule has 1 amide bonds. The molecule has 0 saturated carbocycles. The van der Waals surface area contributed by atoms with Crippen molar-refractivity contribution in [1.82, 2.24) is 0 Å². The molecule has 0 fully saturated rings. The maximum atomic E-state index is 12.5. The van der Waals surface area contributed by atoms with Gasteiger partial charge in [-0.3, -0.25) is 4.79 Å². The van der Waals surface area contributed by atoms with Crippen LogP contribution in [-0.2, 0) is 16.1 Å². The van der Waals surface area contributed by atoms with E-state index in [2.05, 4.69) is 61.6 Å². The molecule has 2 atom stereocenters. The summed E-state index contributed by atoms with van der Waals surface area (Å²) in [5, 5.41) is 3.66. The number of ether oxygens (including phenoxy) is 1. The molecule has 3 aromatic carbocycles. The molecule has 0 aliphatic carbocycles. The van der Waals surface area contributed by atoms with Crippen molar-refractivity contribution in [3.05, 3.63) is 82.9 Å². The quantitative estimate of drug-likeness (QED) is 0.552. The number of cyclic esters (lactones) is 1. The fourth-order valence-electron chi connectivity index (χ4n) is 4.91. The van der Waals surface area contributed by atoms with Crippen LogP contribution in [0, 0.1) is 6.92 Å². The van der Waals surface area contributed by atoms with Crippen molar-refractivity contribution in [1.29, 1.82) is 0 Å². The van der Waals surface area contributed by atoms with Gasteiger partial charge in [-0.05, 0) is 67.3 Å². The number of aryl methyl sites for hydroxylation is 1. The number of hydrogen-bond acceptors (Lipinski definition) is 4. The number of anilines is 2. The van der Waals surface area contributed by atoms with E-state index < -0.39 is 0 Å². The first kappa shape index (κ1) is 20.3. The molecule has 2 aliphatic heterocycles. The van der Waals surface area contributed by atoms with Crippen LogP contribution in [0.2, 0.25) is 0 Å². The predicted octanol–water partition coefficient (Wildman–Crippen LogP) is 5.63. The number of fused-ring (bicyclic) bond motifs is 2. The highest BCUT2D eigenvalue weighted by Crippen LogP contribution is 2.41. The highest BCUT2D eigenvalue weighted by molar-refractivity contribution is 5.95. The first-order valence-corrected chi connectivity index (χ1v) is 11.0. The Balaban J connectivity index is 1.55. The summed E-state index contributed by atoms with van der Waals surface area (Å²) < 4.78 is 5.15. The molecular weight excluding hydrogens is 400 g/mol. The van der Waals surface area contributed by atoms with Gasteiger partial charge in [0.15, 0.2) is 0 Å². The van der Waals surface area contributed by atoms with Crippen LogP contribution >= 0.6 is 0 Å². The number of nitrogens with one attached hydrogen (secondary N) is 1. The zero-order valence-electron chi connectivity index (χ0n) is 18.5. The second-order valence-corrected chi connectivity index (χ2v) is 8.76. The SMILES string of the molecule is CC(=O)N1c2ccc(-c3cccc(C)c3)cc2[C@H](Nc2ccc3c(c2)COC3=O)C[C@@H]1C. The Hall–Kier alpha value is -3.60. The van der Waals surface area contributed by atoms with E-state index in [4.69, 9.17) is 4.74 Å². The minimum Gasteiger partial charge on any atom is -0.457 e. The van der Waals surface area contributed by atoms with Gasteiger partial charge < -0.3 is 15.0 Å². The highest BCUT2D eigenvalue weighted by atomic mass is 16.5. The van der Waals surface area contributed by atoms with Crippen LogP contribution in [0.15, 0.2) is 60.7 Å². The predicted molar refractivity (Wildman–Crippen MR) is 126 cm³/mol. The molecule has 162 valence electrons. The lowest BCUT2D eigenvalue weighted by molar-refractivity contribution is -0.117. The van der Waals surface area contributed by atoms with Gasteiger partial charge >= 0.3 is 5.97 Å². The van der Waals surface area contributed by atoms with Crippen LogP contribution in [-0.4, -0.2) is 17.9 Å². The lowest BCUT2D eigenvalue weighted by atomic mass is 9.88. The summed E-state index contributed by atoms with van der Waals surface area (Å²) in [4.78, 5) is 26.1. The van der Waals surface area contributed by atoms with Gasteiger partial charge in [0.25, 0.3) is 0 Å². The average molecular weight is 427 g/mol. The molecule has 1 N–H and O–H groups in total. The van der Waals surface area contributed by atoms with Gasteiger partial charge in [-0.2, -0.15) is 0 Å². The number of hydrogen-bond donors (Lipinski definition) is 1. The fraction of sp³-hybridized carbons (Fsp3) is 0.259. The molecule has 0 spiro atoms. The van der Waals surface area contributed by atoms with Crippen LogP contribution in [0.3, 0.4) is 0 Å². The van der Waals surface area contributed by atoms with E-state index in [0.29, 0.717) is 12.2 Å². The van der Waals surface area contributed by atoms with Gasteiger partial charge in [0.1, 0.15) is 6.61 Å². The number of rotatable bonds is 3. The normalized spacial score (nSPS) is 19.2. The van der Waals surface area contributed by atoms with Gasteiger partial charge in [0, 0.05) is 29.9 Å². The lowest BCUT2D eigenvalue weighted by Gasteiger charge is -2.40. The molecule has 0 aromatic heterocycles. The van der Waals surface area contributed by atoms with Crippen LogP contribution in [0.25, 0.3) is 11.1 Å². The van der Waals surface area contributed by atoms with E-state index in [1.807, 2.05) is 23.1 Å². The molecule has 0 saturated heterocycles. The van der Waals surface area contributed by atoms with Gasteiger partial charge in [0.2, 0.25) is 5.91 Å². The summed E-state index contributed by atoms with van der Waals surface area (Å²) in [7, 11) is 0. The number of esters is 1. The first-order valence-electron chi connectivity index (χ1n) is 11.0. The molecule has 2 heterocycles. The van der Waals surface area contributed by atoms with E-state index in [1.165, 1.54) is 5.56 Å². The first-order chi connectivity index (χ1) is 15.4. The van der Waals surface area contributed by atoms with Crippen molar-refractivity contribution >= 4 is 23.3 Å². The molecule has 32 heavy (non-hydrogen) atoms.